The molecule has 6 heteroatoms. The first-order valence-electron chi connectivity index (χ1n) is 5.37. The molecule has 0 bridgehead atoms. The summed E-state index contributed by atoms with van der Waals surface area (Å²) in [6, 6.07) is 3.08. The molecule has 1 saturated heterocycles. The van der Waals surface area contributed by atoms with Crippen LogP contribution in [0.25, 0.3) is 0 Å². The van der Waals surface area contributed by atoms with Gasteiger partial charge in [-0.05, 0) is 18.6 Å². The van der Waals surface area contributed by atoms with E-state index in [0.717, 1.165) is 4.90 Å². The number of nitrogen functional groups attached to an aromatic ring is 1. The molecule has 0 radical (unpaired) electrons. The van der Waals surface area contributed by atoms with Crippen LogP contribution in [0.4, 0.5) is 11.5 Å². The van der Waals surface area contributed by atoms with Crippen LogP contribution in [0.2, 0.25) is 0 Å². The van der Waals surface area contributed by atoms with Crippen LogP contribution in [0.15, 0.2) is 18.3 Å². The number of likely N-dealkylation sites (N-methyl/N-ethyl adjacent to an activating group) is 1. The maximum Gasteiger partial charge on any atom is 0.251 e. The summed E-state index contributed by atoms with van der Waals surface area (Å²) in [4.78, 5) is 28.2. The van der Waals surface area contributed by atoms with Crippen molar-refractivity contribution in [1.29, 1.82) is 0 Å². The van der Waals surface area contributed by atoms with E-state index in [9.17, 15) is 9.59 Å². The zero-order valence-corrected chi connectivity index (χ0v) is 9.51. The number of piperidine rings is 1. The van der Waals surface area contributed by atoms with Gasteiger partial charge in [-0.2, -0.15) is 0 Å². The van der Waals surface area contributed by atoms with Gasteiger partial charge in [-0.25, -0.2) is 4.98 Å². The average molecular weight is 234 g/mol. The monoisotopic (exact) mass is 234 g/mol. The third-order valence-electron chi connectivity index (χ3n) is 2.82. The van der Waals surface area contributed by atoms with Crippen molar-refractivity contribution in [2.45, 2.75) is 18.9 Å². The molecule has 17 heavy (non-hydrogen) atoms. The first-order chi connectivity index (χ1) is 8.09. The Labute approximate surface area is 98.8 Å². The number of anilines is 2. The first kappa shape index (κ1) is 11.4. The average Bonchev–Trinajstić information content (AvgIpc) is 2.32. The molecule has 1 unspecified atom stereocenters. The predicted molar refractivity (Wildman–Crippen MR) is 63.1 cm³/mol. The Morgan fingerprint density at radius 1 is 1.53 bits per heavy atom. The van der Waals surface area contributed by atoms with Crippen molar-refractivity contribution in [3.8, 4) is 0 Å². The van der Waals surface area contributed by atoms with Crippen molar-refractivity contribution in [3.05, 3.63) is 18.3 Å². The molecular formula is C11H14N4O2. The molecule has 2 amide bonds. The van der Waals surface area contributed by atoms with Crippen molar-refractivity contribution in [2.24, 2.45) is 0 Å². The number of amides is 2. The number of aromatic nitrogens is 1. The molecule has 0 aliphatic carbocycles. The summed E-state index contributed by atoms with van der Waals surface area (Å²) in [5, 5.41) is 3.02. The van der Waals surface area contributed by atoms with Gasteiger partial charge in [-0.3, -0.25) is 14.5 Å². The summed E-state index contributed by atoms with van der Waals surface area (Å²) < 4.78 is 0. The lowest BCUT2D eigenvalue weighted by atomic mass is 10.0. The van der Waals surface area contributed by atoms with E-state index in [2.05, 4.69) is 10.3 Å². The van der Waals surface area contributed by atoms with Crippen LogP contribution < -0.4 is 11.1 Å². The van der Waals surface area contributed by atoms with Crippen molar-refractivity contribution in [1.82, 2.24) is 9.88 Å². The molecule has 1 fully saturated rings. The van der Waals surface area contributed by atoms with Gasteiger partial charge in [-0.15, -0.1) is 0 Å². The lowest BCUT2D eigenvalue weighted by molar-refractivity contribution is -0.146. The van der Waals surface area contributed by atoms with Crippen LogP contribution in [-0.2, 0) is 9.59 Å². The van der Waals surface area contributed by atoms with Crippen LogP contribution in [0, 0.1) is 0 Å². The van der Waals surface area contributed by atoms with Crippen LogP contribution in [-0.4, -0.2) is 34.8 Å². The van der Waals surface area contributed by atoms with Gasteiger partial charge in [0.1, 0.15) is 11.9 Å². The fourth-order valence-corrected chi connectivity index (χ4v) is 1.78. The molecule has 2 rings (SSSR count). The van der Waals surface area contributed by atoms with E-state index in [-0.39, 0.29) is 11.8 Å². The number of pyridine rings is 1. The fourth-order valence-electron chi connectivity index (χ4n) is 1.78. The van der Waals surface area contributed by atoms with Crippen molar-refractivity contribution >= 4 is 23.3 Å². The van der Waals surface area contributed by atoms with E-state index < -0.39 is 6.04 Å². The number of carbonyl (C=O) groups excluding carboxylic acids is 2. The Hall–Kier alpha value is -2.11. The normalized spacial score (nSPS) is 20.5. The number of hydrogen-bond acceptors (Lipinski definition) is 5. The number of rotatable bonds is 2. The van der Waals surface area contributed by atoms with Crippen molar-refractivity contribution in [3.63, 3.8) is 0 Å². The molecular weight excluding hydrogens is 220 g/mol. The second-order valence-electron chi connectivity index (χ2n) is 3.96. The summed E-state index contributed by atoms with van der Waals surface area (Å²) in [6.45, 7) is 0. The van der Waals surface area contributed by atoms with E-state index in [1.54, 1.807) is 18.3 Å². The van der Waals surface area contributed by atoms with Gasteiger partial charge >= 0.3 is 0 Å². The summed E-state index contributed by atoms with van der Waals surface area (Å²) >= 11 is 0. The number of likely N-dealkylation sites (tertiary alicyclic amines) is 1. The third-order valence-corrected chi connectivity index (χ3v) is 2.82. The SMILES string of the molecule is CN1C(=O)CCC(Nc2cccnc2N)C1=O. The van der Waals surface area contributed by atoms with E-state index in [1.165, 1.54) is 7.05 Å². The van der Waals surface area contributed by atoms with Crippen LogP contribution >= 0.6 is 0 Å². The molecule has 1 aromatic heterocycles. The maximum atomic E-state index is 11.8. The van der Waals surface area contributed by atoms with Gasteiger partial charge in [-0.1, -0.05) is 0 Å². The van der Waals surface area contributed by atoms with Crippen LogP contribution in [0.3, 0.4) is 0 Å². The second kappa shape index (κ2) is 4.40. The maximum absolute atomic E-state index is 11.8. The number of imide groups is 1. The Balaban J connectivity index is 2.12. The van der Waals surface area contributed by atoms with E-state index >= 15 is 0 Å². The summed E-state index contributed by atoms with van der Waals surface area (Å²) in [5.74, 6) is -0.0310. The molecule has 0 aromatic carbocycles. The van der Waals surface area contributed by atoms with E-state index in [0.29, 0.717) is 24.3 Å². The smallest absolute Gasteiger partial charge is 0.251 e. The minimum atomic E-state index is -0.413. The standard InChI is InChI=1S/C11H14N4O2/c1-15-9(16)5-4-8(11(15)17)14-7-3-2-6-13-10(7)12/h2-3,6,8,14H,4-5H2,1H3,(H2,12,13). The molecule has 3 N–H and O–H groups in total. The lowest BCUT2D eigenvalue weighted by Gasteiger charge is -2.28. The number of hydrogen-bond donors (Lipinski definition) is 2. The first-order valence-corrected chi connectivity index (χ1v) is 5.37. The van der Waals surface area contributed by atoms with Crippen molar-refractivity contribution in [2.75, 3.05) is 18.1 Å². The number of nitrogens with two attached hydrogens (primary N) is 1. The van der Waals surface area contributed by atoms with Gasteiger partial charge in [0.2, 0.25) is 5.91 Å². The lowest BCUT2D eigenvalue weighted by Crippen LogP contribution is -2.48. The zero-order valence-electron chi connectivity index (χ0n) is 9.51. The third kappa shape index (κ3) is 2.20. The minimum absolute atomic E-state index is 0.146. The molecule has 0 spiro atoms. The van der Waals surface area contributed by atoms with Crippen LogP contribution in [0.5, 0.6) is 0 Å². The highest BCUT2D eigenvalue weighted by Gasteiger charge is 2.31. The Morgan fingerprint density at radius 2 is 2.29 bits per heavy atom. The topological polar surface area (TPSA) is 88.3 Å². The number of carbonyl (C=O) groups is 2. The fraction of sp³-hybridized carbons (Fsp3) is 0.364. The highest BCUT2D eigenvalue weighted by molar-refractivity contribution is 6.01. The number of nitrogens with one attached hydrogen (secondary N) is 1. The highest BCUT2D eigenvalue weighted by Crippen LogP contribution is 2.20. The Bertz CT molecular complexity index is 461. The quantitative estimate of drug-likeness (QED) is 0.715. The molecule has 2 heterocycles. The molecule has 1 aromatic rings. The van der Waals surface area contributed by atoms with Gasteiger partial charge in [0.25, 0.3) is 5.91 Å². The van der Waals surface area contributed by atoms with E-state index in [1.807, 2.05) is 0 Å². The van der Waals surface area contributed by atoms with Crippen LogP contribution in [0.1, 0.15) is 12.8 Å². The summed E-state index contributed by atoms with van der Waals surface area (Å²) in [5.41, 5.74) is 6.30. The molecule has 1 aliphatic heterocycles. The molecule has 0 saturated carbocycles. The highest BCUT2D eigenvalue weighted by atomic mass is 16.2. The molecule has 90 valence electrons. The Kier molecular flexibility index (Phi) is 2.95. The number of nitrogens with zero attached hydrogens (tertiary/aromatic N) is 2. The predicted octanol–water partition coefficient (Wildman–Crippen LogP) is 0.223. The van der Waals surface area contributed by atoms with Gasteiger partial charge in [0.15, 0.2) is 0 Å². The minimum Gasteiger partial charge on any atom is -0.382 e. The summed E-state index contributed by atoms with van der Waals surface area (Å²) in [7, 11) is 1.49. The van der Waals surface area contributed by atoms with Gasteiger partial charge in [0, 0.05) is 19.7 Å². The van der Waals surface area contributed by atoms with Crippen molar-refractivity contribution < 1.29 is 9.59 Å². The Morgan fingerprint density at radius 3 is 3.00 bits per heavy atom. The largest absolute Gasteiger partial charge is 0.382 e. The van der Waals surface area contributed by atoms with E-state index in [4.69, 9.17) is 5.73 Å². The van der Waals surface area contributed by atoms with Gasteiger partial charge < -0.3 is 11.1 Å². The summed E-state index contributed by atoms with van der Waals surface area (Å²) in [6.07, 6.45) is 2.43. The molecule has 6 nitrogen and oxygen atoms in total. The second-order valence-corrected chi connectivity index (χ2v) is 3.96. The molecule has 1 atom stereocenters. The molecule has 1 aliphatic rings. The van der Waals surface area contributed by atoms with Gasteiger partial charge in [0.05, 0.1) is 5.69 Å². The zero-order chi connectivity index (χ0) is 12.4.